The minimum atomic E-state index is 0.0593. The molecule has 1 saturated carbocycles. The number of aryl methyl sites for hydroxylation is 1. The minimum absolute atomic E-state index is 0.0593. The number of ether oxygens (including phenoxy) is 1. The molecular weight excluding hydrogens is 290 g/mol. The van der Waals surface area contributed by atoms with Gasteiger partial charge in [-0.1, -0.05) is 6.07 Å². The monoisotopic (exact) mass is 315 g/mol. The highest BCUT2D eigenvalue weighted by molar-refractivity contribution is 5.92. The van der Waals surface area contributed by atoms with Gasteiger partial charge in [-0.2, -0.15) is 0 Å². The van der Waals surface area contributed by atoms with Crippen LogP contribution in [-0.4, -0.2) is 65.6 Å². The first-order valence-electron chi connectivity index (χ1n) is 8.79. The number of carbonyl (C=O) groups excluding carboxylic acids is 1. The number of nitrogens with zero attached hydrogens (tertiary/aromatic N) is 3. The number of fused-ring (bicyclic) bond motifs is 1. The van der Waals surface area contributed by atoms with Crippen LogP contribution in [0.25, 0.3) is 0 Å². The predicted molar refractivity (Wildman–Crippen MR) is 87.3 cm³/mol. The fourth-order valence-electron chi connectivity index (χ4n) is 3.81. The van der Waals surface area contributed by atoms with Gasteiger partial charge in [-0.15, -0.1) is 0 Å². The largest absolute Gasteiger partial charge is 0.375 e. The van der Waals surface area contributed by atoms with E-state index in [1.165, 1.54) is 19.4 Å². The first-order valence-corrected chi connectivity index (χ1v) is 8.79. The molecule has 0 bridgehead atoms. The Bertz CT molecular complexity index is 587. The molecule has 0 unspecified atom stereocenters. The molecule has 3 fully saturated rings. The van der Waals surface area contributed by atoms with Gasteiger partial charge in [0.1, 0.15) is 5.69 Å². The van der Waals surface area contributed by atoms with Gasteiger partial charge < -0.3 is 9.64 Å². The molecule has 3 aliphatic rings. The molecule has 3 heterocycles. The summed E-state index contributed by atoms with van der Waals surface area (Å²) in [5.41, 5.74) is 1.45. The van der Waals surface area contributed by atoms with Crippen LogP contribution in [0.15, 0.2) is 18.2 Å². The summed E-state index contributed by atoms with van der Waals surface area (Å²) in [7, 11) is 0. The van der Waals surface area contributed by atoms with E-state index in [-0.39, 0.29) is 12.0 Å². The van der Waals surface area contributed by atoms with E-state index in [0.717, 1.165) is 44.3 Å². The molecule has 4 rings (SSSR count). The molecule has 0 aromatic carbocycles. The van der Waals surface area contributed by atoms with Gasteiger partial charge in [-0.05, 0) is 44.2 Å². The zero-order valence-corrected chi connectivity index (χ0v) is 13.8. The van der Waals surface area contributed by atoms with Crippen molar-refractivity contribution in [2.45, 2.75) is 38.3 Å². The number of rotatable bonds is 3. The maximum atomic E-state index is 12.8. The lowest BCUT2D eigenvalue weighted by atomic mass is 9.98. The number of carbonyl (C=O) groups is 1. The number of amides is 1. The third-order valence-electron chi connectivity index (χ3n) is 5.28. The van der Waals surface area contributed by atoms with Crippen molar-refractivity contribution in [2.24, 2.45) is 5.92 Å². The van der Waals surface area contributed by atoms with E-state index in [0.29, 0.717) is 11.7 Å². The summed E-state index contributed by atoms with van der Waals surface area (Å²) in [5, 5.41) is 0. The Labute approximate surface area is 137 Å². The van der Waals surface area contributed by atoms with Gasteiger partial charge in [0.15, 0.2) is 0 Å². The molecule has 5 nitrogen and oxygen atoms in total. The molecule has 2 saturated heterocycles. The van der Waals surface area contributed by atoms with E-state index in [1.54, 1.807) is 0 Å². The fraction of sp³-hybridized carbons (Fsp3) is 0.667. The van der Waals surface area contributed by atoms with Gasteiger partial charge in [0.2, 0.25) is 0 Å². The molecule has 2 atom stereocenters. The van der Waals surface area contributed by atoms with E-state index in [1.807, 2.05) is 30.0 Å². The molecular formula is C18H25N3O2. The van der Waals surface area contributed by atoms with Gasteiger partial charge in [0.25, 0.3) is 5.91 Å². The van der Waals surface area contributed by atoms with Crippen LogP contribution in [0.3, 0.4) is 0 Å². The number of hydrogen-bond donors (Lipinski definition) is 0. The van der Waals surface area contributed by atoms with Crippen LogP contribution in [-0.2, 0) is 4.74 Å². The second kappa shape index (κ2) is 6.21. The average Bonchev–Trinajstić information content (AvgIpc) is 3.38. The summed E-state index contributed by atoms with van der Waals surface area (Å²) in [6.45, 7) is 6.48. The molecule has 0 N–H and O–H groups in total. The van der Waals surface area contributed by atoms with Crippen LogP contribution >= 0.6 is 0 Å². The SMILES string of the molecule is Cc1cccc(C(=O)N2CC[C@@H]3OCCN(CC4CC4)[C@H]3C2)n1. The van der Waals surface area contributed by atoms with Crippen LogP contribution in [0.5, 0.6) is 0 Å². The van der Waals surface area contributed by atoms with Crippen molar-refractivity contribution < 1.29 is 9.53 Å². The minimum Gasteiger partial charge on any atom is -0.375 e. The van der Waals surface area contributed by atoms with Gasteiger partial charge in [0, 0.05) is 31.9 Å². The first kappa shape index (κ1) is 15.1. The Balaban J connectivity index is 1.47. The zero-order chi connectivity index (χ0) is 15.8. The maximum Gasteiger partial charge on any atom is 0.272 e. The molecule has 124 valence electrons. The first-order chi connectivity index (χ1) is 11.2. The number of morpholine rings is 1. The quantitative estimate of drug-likeness (QED) is 0.852. The van der Waals surface area contributed by atoms with Crippen LogP contribution in [0.1, 0.15) is 35.4 Å². The summed E-state index contributed by atoms with van der Waals surface area (Å²) in [5.74, 6) is 0.933. The zero-order valence-electron chi connectivity index (χ0n) is 13.8. The molecule has 2 aliphatic heterocycles. The van der Waals surface area contributed by atoms with Crippen LogP contribution in [0, 0.1) is 12.8 Å². The third kappa shape index (κ3) is 3.26. The topological polar surface area (TPSA) is 45.7 Å². The smallest absolute Gasteiger partial charge is 0.272 e. The van der Waals surface area contributed by atoms with Crippen molar-refractivity contribution in [3.8, 4) is 0 Å². The second-order valence-corrected chi connectivity index (χ2v) is 7.12. The van der Waals surface area contributed by atoms with Crippen molar-refractivity contribution >= 4 is 5.91 Å². The van der Waals surface area contributed by atoms with Crippen LogP contribution < -0.4 is 0 Å². The molecule has 0 radical (unpaired) electrons. The lowest BCUT2D eigenvalue weighted by Gasteiger charge is -2.47. The van der Waals surface area contributed by atoms with Gasteiger partial charge >= 0.3 is 0 Å². The van der Waals surface area contributed by atoms with Crippen molar-refractivity contribution in [2.75, 3.05) is 32.8 Å². The van der Waals surface area contributed by atoms with Crippen molar-refractivity contribution in [1.29, 1.82) is 0 Å². The van der Waals surface area contributed by atoms with Gasteiger partial charge in [-0.3, -0.25) is 9.69 Å². The Kier molecular flexibility index (Phi) is 4.07. The summed E-state index contributed by atoms with van der Waals surface area (Å²) in [4.78, 5) is 21.7. The standard InChI is InChI=1S/C18H25N3O2/c1-13-3-2-4-15(19-13)18(22)21-8-7-17-16(12-21)20(9-10-23-17)11-14-5-6-14/h2-4,14,16-17H,5-12H2,1H3/t16-,17-/m0/s1. The van der Waals surface area contributed by atoms with Crippen molar-refractivity contribution in [3.05, 3.63) is 29.6 Å². The summed E-state index contributed by atoms with van der Waals surface area (Å²) < 4.78 is 5.97. The number of piperidine rings is 1. The molecule has 23 heavy (non-hydrogen) atoms. The van der Waals surface area contributed by atoms with E-state index >= 15 is 0 Å². The van der Waals surface area contributed by atoms with Crippen LogP contribution in [0.4, 0.5) is 0 Å². The lowest BCUT2D eigenvalue weighted by molar-refractivity contribution is -0.0989. The van der Waals surface area contributed by atoms with Crippen LogP contribution in [0.2, 0.25) is 0 Å². The summed E-state index contributed by atoms with van der Waals surface area (Å²) >= 11 is 0. The Hall–Kier alpha value is -1.46. The number of likely N-dealkylation sites (tertiary alicyclic amines) is 1. The molecule has 5 heteroatoms. The molecule has 1 aromatic rings. The highest BCUT2D eigenvalue weighted by Crippen LogP contribution is 2.33. The Morgan fingerprint density at radius 2 is 2.17 bits per heavy atom. The molecule has 1 aromatic heterocycles. The Morgan fingerprint density at radius 3 is 2.96 bits per heavy atom. The highest BCUT2D eigenvalue weighted by Gasteiger charge is 2.40. The summed E-state index contributed by atoms with van der Waals surface area (Å²) in [6, 6.07) is 6.01. The van der Waals surface area contributed by atoms with E-state index in [2.05, 4.69) is 9.88 Å². The van der Waals surface area contributed by atoms with Gasteiger partial charge in [0.05, 0.1) is 18.8 Å². The van der Waals surface area contributed by atoms with E-state index < -0.39 is 0 Å². The number of hydrogen-bond acceptors (Lipinski definition) is 4. The summed E-state index contributed by atoms with van der Waals surface area (Å²) in [6.07, 6.45) is 3.95. The number of aromatic nitrogens is 1. The highest BCUT2D eigenvalue weighted by atomic mass is 16.5. The predicted octanol–water partition coefficient (Wildman–Crippen LogP) is 1.72. The second-order valence-electron chi connectivity index (χ2n) is 7.12. The van der Waals surface area contributed by atoms with Gasteiger partial charge in [-0.25, -0.2) is 4.98 Å². The average molecular weight is 315 g/mol. The molecule has 1 aliphatic carbocycles. The molecule has 1 amide bonds. The Morgan fingerprint density at radius 1 is 1.30 bits per heavy atom. The van der Waals surface area contributed by atoms with E-state index in [9.17, 15) is 4.79 Å². The maximum absolute atomic E-state index is 12.8. The molecule has 0 spiro atoms. The van der Waals surface area contributed by atoms with Crippen molar-refractivity contribution in [1.82, 2.24) is 14.8 Å². The van der Waals surface area contributed by atoms with E-state index in [4.69, 9.17) is 4.74 Å². The normalized spacial score (nSPS) is 28.5. The third-order valence-corrected chi connectivity index (χ3v) is 5.28. The van der Waals surface area contributed by atoms with Crippen molar-refractivity contribution in [3.63, 3.8) is 0 Å². The lowest BCUT2D eigenvalue weighted by Crippen LogP contribution is -2.61. The number of pyridine rings is 1. The fourth-order valence-corrected chi connectivity index (χ4v) is 3.81.